The highest BCUT2D eigenvalue weighted by atomic mass is 32.1. The van der Waals surface area contributed by atoms with Crippen molar-refractivity contribution >= 4 is 28.1 Å². The van der Waals surface area contributed by atoms with Crippen LogP contribution < -0.4 is 5.32 Å². The van der Waals surface area contributed by atoms with Crippen molar-refractivity contribution in [2.45, 2.75) is 6.92 Å². The summed E-state index contributed by atoms with van der Waals surface area (Å²) < 4.78 is 5.37. The molecule has 1 amide bonds. The fourth-order valence-corrected chi connectivity index (χ4v) is 4.01. The Morgan fingerprint density at radius 3 is 2.89 bits per heavy atom. The molecule has 1 aromatic carbocycles. The highest BCUT2D eigenvalue weighted by Gasteiger charge is 2.15. The molecule has 0 spiro atoms. The number of aryl methyl sites for hydroxylation is 1. The van der Waals surface area contributed by atoms with E-state index in [1.54, 1.807) is 11.3 Å². The molecule has 0 radical (unpaired) electrons. The molecule has 0 aliphatic carbocycles. The van der Waals surface area contributed by atoms with Crippen LogP contribution >= 0.6 is 11.3 Å². The van der Waals surface area contributed by atoms with Gasteiger partial charge in [-0.1, -0.05) is 17.7 Å². The van der Waals surface area contributed by atoms with E-state index in [1.165, 1.54) is 0 Å². The Morgan fingerprint density at radius 1 is 1.26 bits per heavy atom. The lowest BCUT2D eigenvalue weighted by molar-refractivity contribution is 0.0383. The van der Waals surface area contributed by atoms with Crippen molar-refractivity contribution in [2.24, 2.45) is 0 Å². The molecule has 1 aliphatic heterocycles. The number of hydrogen-bond acceptors (Lipinski definition) is 5. The van der Waals surface area contributed by atoms with Gasteiger partial charge in [-0.25, -0.2) is 4.98 Å². The zero-order chi connectivity index (χ0) is 18.6. The fraction of sp³-hybridized carbons (Fsp3) is 0.333. The van der Waals surface area contributed by atoms with Gasteiger partial charge in [-0.3, -0.25) is 9.69 Å². The van der Waals surface area contributed by atoms with E-state index in [9.17, 15) is 4.79 Å². The van der Waals surface area contributed by atoms with Crippen LogP contribution in [0.15, 0.2) is 41.8 Å². The zero-order valence-corrected chi connectivity index (χ0v) is 16.2. The van der Waals surface area contributed by atoms with E-state index >= 15 is 0 Å². The molecule has 27 heavy (non-hydrogen) atoms. The second kappa shape index (κ2) is 8.17. The maximum atomic E-state index is 13.0. The standard InChI is InChI=1S/C21H23N3O2S/c1-15-4-5-18-16(13-15)17(14-19(23-18)20-3-2-12-27-20)21(25)22-6-7-24-8-10-26-11-9-24/h2-5,12-14H,6-11H2,1H3,(H,22,25). The lowest BCUT2D eigenvalue weighted by atomic mass is 10.0. The largest absolute Gasteiger partial charge is 0.379 e. The third kappa shape index (κ3) is 4.18. The van der Waals surface area contributed by atoms with Crippen LogP contribution in [0.3, 0.4) is 0 Å². The number of pyridine rings is 1. The van der Waals surface area contributed by atoms with Crippen LogP contribution in [-0.2, 0) is 4.74 Å². The molecule has 3 heterocycles. The number of aromatic nitrogens is 1. The first kappa shape index (κ1) is 18.1. The summed E-state index contributed by atoms with van der Waals surface area (Å²) in [7, 11) is 0. The van der Waals surface area contributed by atoms with Crippen molar-refractivity contribution < 1.29 is 9.53 Å². The van der Waals surface area contributed by atoms with Gasteiger partial charge in [0.05, 0.1) is 34.9 Å². The molecular formula is C21H23N3O2S. The molecular weight excluding hydrogens is 358 g/mol. The van der Waals surface area contributed by atoms with Crippen molar-refractivity contribution in [3.05, 3.63) is 52.9 Å². The molecule has 5 nitrogen and oxygen atoms in total. The Balaban J connectivity index is 1.58. The number of rotatable bonds is 5. The molecule has 2 aromatic heterocycles. The van der Waals surface area contributed by atoms with E-state index in [-0.39, 0.29) is 5.91 Å². The van der Waals surface area contributed by atoms with E-state index in [0.29, 0.717) is 12.1 Å². The van der Waals surface area contributed by atoms with Gasteiger partial charge in [-0.05, 0) is 36.6 Å². The number of thiophene rings is 1. The third-order valence-electron chi connectivity index (χ3n) is 4.80. The Morgan fingerprint density at radius 2 is 2.11 bits per heavy atom. The summed E-state index contributed by atoms with van der Waals surface area (Å²) in [5.74, 6) is -0.0425. The van der Waals surface area contributed by atoms with Crippen LogP contribution in [0.25, 0.3) is 21.5 Å². The average Bonchev–Trinajstić information content (AvgIpc) is 3.23. The molecule has 0 unspecified atom stereocenters. The maximum absolute atomic E-state index is 13.0. The van der Waals surface area contributed by atoms with Crippen molar-refractivity contribution in [3.8, 4) is 10.6 Å². The number of morpholine rings is 1. The van der Waals surface area contributed by atoms with Crippen LogP contribution in [0, 0.1) is 6.92 Å². The molecule has 0 bridgehead atoms. The maximum Gasteiger partial charge on any atom is 0.252 e. The number of amides is 1. The van der Waals surface area contributed by atoms with E-state index in [0.717, 1.165) is 59.9 Å². The third-order valence-corrected chi connectivity index (χ3v) is 5.69. The Bertz CT molecular complexity index is 934. The number of fused-ring (bicyclic) bond motifs is 1. The number of nitrogens with one attached hydrogen (secondary N) is 1. The molecule has 1 fully saturated rings. The summed E-state index contributed by atoms with van der Waals surface area (Å²) >= 11 is 1.63. The highest BCUT2D eigenvalue weighted by molar-refractivity contribution is 7.13. The van der Waals surface area contributed by atoms with Gasteiger partial charge < -0.3 is 10.1 Å². The van der Waals surface area contributed by atoms with Gasteiger partial charge in [0.2, 0.25) is 0 Å². The van der Waals surface area contributed by atoms with Gasteiger partial charge in [0.15, 0.2) is 0 Å². The van der Waals surface area contributed by atoms with Crippen LogP contribution in [0.1, 0.15) is 15.9 Å². The first-order valence-electron chi connectivity index (χ1n) is 9.24. The highest BCUT2D eigenvalue weighted by Crippen LogP contribution is 2.28. The zero-order valence-electron chi connectivity index (χ0n) is 15.4. The quantitative estimate of drug-likeness (QED) is 0.737. The Hall–Kier alpha value is -2.28. The first-order valence-corrected chi connectivity index (χ1v) is 10.1. The van der Waals surface area contributed by atoms with E-state index < -0.39 is 0 Å². The van der Waals surface area contributed by atoms with Crippen LogP contribution in [0.5, 0.6) is 0 Å². The molecule has 1 N–H and O–H groups in total. The molecule has 140 valence electrons. The molecule has 0 saturated carbocycles. The average molecular weight is 382 g/mol. The number of benzene rings is 1. The SMILES string of the molecule is Cc1ccc2nc(-c3cccs3)cc(C(=O)NCCN3CCOCC3)c2c1. The summed E-state index contributed by atoms with van der Waals surface area (Å²) in [6.07, 6.45) is 0. The molecule has 6 heteroatoms. The molecule has 0 atom stereocenters. The van der Waals surface area contributed by atoms with Gasteiger partial charge in [0.25, 0.3) is 5.91 Å². The minimum atomic E-state index is -0.0425. The molecule has 1 saturated heterocycles. The van der Waals surface area contributed by atoms with Gasteiger partial charge in [0, 0.05) is 31.6 Å². The summed E-state index contributed by atoms with van der Waals surface area (Å²) in [4.78, 5) is 21.1. The summed E-state index contributed by atoms with van der Waals surface area (Å²) in [5, 5.41) is 6.01. The minimum absolute atomic E-state index is 0.0425. The van der Waals surface area contributed by atoms with E-state index in [4.69, 9.17) is 9.72 Å². The van der Waals surface area contributed by atoms with Gasteiger partial charge in [-0.15, -0.1) is 11.3 Å². The van der Waals surface area contributed by atoms with Gasteiger partial charge in [-0.2, -0.15) is 0 Å². The van der Waals surface area contributed by atoms with Crippen molar-refractivity contribution in [3.63, 3.8) is 0 Å². The molecule has 3 aromatic rings. The van der Waals surface area contributed by atoms with Crippen LogP contribution in [0.2, 0.25) is 0 Å². The topological polar surface area (TPSA) is 54.5 Å². The lowest BCUT2D eigenvalue weighted by Crippen LogP contribution is -2.41. The Kier molecular flexibility index (Phi) is 5.48. The summed E-state index contributed by atoms with van der Waals surface area (Å²) in [5.41, 5.74) is 3.51. The summed E-state index contributed by atoms with van der Waals surface area (Å²) in [6, 6.07) is 12.0. The van der Waals surface area contributed by atoms with E-state index in [2.05, 4.69) is 10.2 Å². The first-order chi connectivity index (χ1) is 13.2. The normalized spacial score (nSPS) is 15.1. The van der Waals surface area contributed by atoms with Crippen molar-refractivity contribution in [1.29, 1.82) is 0 Å². The summed E-state index contributed by atoms with van der Waals surface area (Å²) in [6.45, 7) is 6.90. The van der Waals surface area contributed by atoms with E-state index in [1.807, 2.05) is 48.7 Å². The number of nitrogens with zero attached hydrogens (tertiary/aromatic N) is 2. The molecule has 1 aliphatic rings. The number of hydrogen-bond donors (Lipinski definition) is 1. The number of carbonyl (C=O) groups excluding carboxylic acids is 1. The smallest absolute Gasteiger partial charge is 0.252 e. The van der Waals surface area contributed by atoms with Crippen LogP contribution in [0.4, 0.5) is 0 Å². The van der Waals surface area contributed by atoms with Crippen molar-refractivity contribution in [1.82, 2.24) is 15.2 Å². The number of carbonyl (C=O) groups is 1. The van der Waals surface area contributed by atoms with Crippen molar-refractivity contribution in [2.75, 3.05) is 39.4 Å². The Labute approximate surface area is 163 Å². The monoisotopic (exact) mass is 381 g/mol. The van der Waals surface area contributed by atoms with Gasteiger partial charge in [0.1, 0.15) is 0 Å². The predicted molar refractivity (Wildman–Crippen MR) is 109 cm³/mol. The second-order valence-electron chi connectivity index (χ2n) is 6.76. The van der Waals surface area contributed by atoms with Gasteiger partial charge >= 0.3 is 0 Å². The minimum Gasteiger partial charge on any atom is -0.379 e. The predicted octanol–water partition coefficient (Wildman–Crippen LogP) is 3.33. The van der Waals surface area contributed by atoms with Crippen LogP contribution in [-0.4, -0.2) is 55.2 Å². The molecule has 4 rings (SSSR count). The second-order valence-corrected chi connectivity index (χ2v) is 7.71. The lowest BCUT2D eigenvalue weighted by Gasteiger charge is -2.26. The number of ether oxygens (including phenoxy) is 1. The fourth-order valence-electron chi connectivity index (χ4n) is 3.33.